The first-order valence-corrected chi connectivity index (χ1v) is 8.78. The van der Waals surface area contributed by atoms with Gasteiger partial charge in [0, 0.05) is 23.9 Å². The van der Waals surface area contributed by atoms with Crippen LogP contribution in [-0.2, 0) is 6.42 Å². The van der Waals surface area contributed by atoms with Crippen LogP contribution >= 0.6 is 0 Å². The fourth-order valence-electron chi connectivity index (χ4n) is 3.29. The summed E-state index contributed by atoms with van der Waals surface area (Å²) in [5.41, 5.74) is 4.45. The van der Waals surface area contributed by atoms with Crippen molar-refractivity contribution >= 4 is 22.8 Å². The van der Waals surface area contributed by atoms with Crippen LogP contribution in [0, 0.1) is 0 Å². The minimum Gasteiger partial charge on any atom is -0.478 e. The van der Waals surface area contributed by atoms with Crippen LogP contribution in [0.15, 0.2) is 67.1 Å². The summed E-state index contributed by atoms with van der Waals surface area (Å²) in [6.45, 7) is 1.51. The number of nitrogens with zero attached hydrogens (tertiary/aromatic N) is 3. The molecule has 0 amide bonds. The molecule has 0 atom stereocenters. The quantitative estimate of drug-likeness (QED) is 0.538. The average molecular weight is 371 g/mol. The van der Waals surface area contributed by atoms with Gasteiger partial charge in [-0.15, -0.1) is 0 Å². The Balaban J connectivity index is 1.90. The van der Waals surface area contributed by atoms with Crippen LogP contribution in [0.2, 0.25) is 0 Å². The van der Waals surface area contributed by atoms with Gasteiger partial charge in [-0.1, -0.05) is 12.1 Å². The number of aromatic carboxylic acids is 1. The number of ketones is 1. The van der Waals surface area contributed by atoms with Gasteiger partial charge in [-0.25, -0.2) is 9.78 Å². The molecule has 6 heteroatoms. The Morgan fingerprint density at radius 3 is 2.61 bits per heavy atom. The first-order chi connectivity index (χ1) is 13.5. The van der Waals surface area contributed by atoms with Gasteiger partial charge in [0.15, 0.2) is 5.78 Å². The van der Waals surface area contributed by atoms with Gasteiger partial charge in [-0.2, -0.15) is 0 Å². The third-order valence-electron chi connectivity index (χ3n) is 4.68. The summed E-state index contributed by atoms with van der Waals surface area (Å²) in [6, 6.07) is 16.1. The summed E-state index contributed by atoms with van der Waals surface area (Å²) in [7, 11) is 0. The SMILES string of the molecule is CC(=O)c1ccc2c(c1)ncn2-c1cccc(C(=O)O)c1Cc1ccccn1. The fraction of sp³-hybridized carbons (Fsp3) is 0.0909. The van der Waals surface area contributed by atoms with E-state index in [-0.39, 0.29) is 11.3 Å². The number of benzene rings is 2. The summed E-state index contributed by atoms with van der Waals surface area (Å²) >= 11 is 0. The van der Waals surface area contributed by atoms with Crippen LogP contribution in [0.1, 0.15) is 38.9 Å². The number of rotatable bonds is 5. The summed E-state index contributed by atoms with van der Waals surface area (Å²) in [5.74, 6) is -1.02. The lowest BCUT2D eigenvalue weighted by molar-refractivity contribution is 0.0695. The Bertz CT molecular complexity index is 1200. The normalized spacial score (nSPS) is 10.9. The van der Waals surface area contributed by atoms with E-state index in [4.69, 9.17) is 0 Å². The first kappa shape index (κ1) is 17.6. The summed E-state index contributed by atoms with van der Waals surface area (Å²) in [4.78, 5) is 32.2. The van der Waals surface area contributed by atoms with Crippen LogP contribution in [-0.4, -0.2) is 31.4 Å². The lowest BCUT2D eigenvalue weighted by atomic mass is 9.99. The lowest BCUT2D eigenvalue weighted by Crippen LogP contribution is -2.09. The Kier molecular flexibility index (Phi) is 4.45. The van der Waals surface area contributed by atoms with Gasteiger partial charge >= 0.3 is 5.97 Å². The zero-order valence-electron chi connectivity index (χ0n) is 15.2. The maximum atomic E-state index is 11.8. The number of aromatic nitrogens is 3. The summed E-state index contributed by atoms with van der Waals surface area (Å²) in [5, 5.41) is 9.69. The zero-order valence-corrected chi connectivity index (χ0v) is 15.2. The number of carboxylic acids is 1. The van der Waals surface area contributed by atoms with Crippen LogP contribution < -0.4 is 0 Å². The van der Waals surface area contributed by atoms with Crippen molar-refractivity contribution in [2.24, 2.45) is 0 Å². The number of imidazole rings is 1. The zero-order chi connectivity index (χ0) is 19.7. The van der Waals surface area contributed by atoms with Crippen molar-refractivity contribution in [1.29, 1.82) is 0 Å². The van der Waals surface area contributed by atoms with Crippen molar-refractivity contribution in [3.8, 4) is 5.69 Å². The lowest BCUT2D eigenvalue weighted by Gasteiger charge is -2.14. The summed E-state index contributed by atoms with van der Waals surface area (Å²) < 4.78 is 1.85. The van der Waals surface area contributed by atoms with Crippen molar-refractivity contribution in [2.45, 2.75) is 13.3 Å². The molecule has 0 bridgehead atoms. The standard InChI is InChI=1S/C22H17N3O3/c1-14(26)15-8-9-21-19(11-15)24-13-25(21)20-7-4-6-17(22(27)28)18(20)12-16-5-2-3-10-23-16/h2-11,13H,12H2,1H3,(H,27,28). The van der Waals surface area contributed by atoms with Gasteiger partial charge in [0.05, 0.1) is 22.3 Å². The molecule has 138 valence electrons. The number of hydrogen-bond donors (Lipinski definition) is 1. The summed E-state index contributed by atoms with van der Waals surface area (Å²) in [6.07, 6.45) is 3.72. The van der Waals surface area contributed by atoms with Gasteiger partial charge in [-0.05, 0) is 55.0 Å². The number of pyridine rings is 1. The minimum absolute atomic E-state index is 0.0276. The average Bonchev–Trinajstić information content (AvgIpc) is 3.12. The van der Waals surface area contributed by atoms with Crippen molar-refractivity contribution < 1.29 is 14.7 Å². The maximum Gasteiger partial charge on any atom is 0.336 e. The minimum atomic E-state index is -0.990. The number of carboxylic acid groups (broad SMARTS) is 1. The van der Waals surface area contributed by atoms with Gasteiger partial charge in [0.1, 0.15) is 6.33 Å². The highest BCUT2D eigenvalue weighted by molar-refractivity contribution is 5.97. The molecule has 6 nitrogen and oxygen atoms in total. The second-order valence-corrected chi connectivity index (χ2v) is 6.48. The van der Waals surface area contributed by atoms with E-state index >= 15 is 0 Å². The monoisotopic (exact) mass is 371 g/mol. The molecule has 0 fully saturated rings. The Morgan fingerprint density at radius 1 is 1.04 bits per heavy atom. The van der Waals surface area contributed by atoms with E-state index in [1.165, 1.54) is 6.92 Å². The molecule has 0 unspecified atom stereocenters. The smallest absolute Gasteiger partial charge is 0.336 e. The van der Waals surface area contributed by atoms with Gasteiger partial charge < -0.3 is 5.11 Å². The number of carbonyl (C=O) groups excluding carboxylic acids is 1. The fourth-order valence-corrected chi connectivity index (χ4v) is 3.29. The van der Waals surface area contributed by atoms with Gasteiger partial charge in [-0.3, -0.25) is 14.3 Å². The molecule has 0 aliphatic rings. The molecule has 4 aromatic rings. The number of Topliss-reactive ketones (excluding diaryl/α,β-unsaturated/α-hetero) is 1. The molecule has 0 saturated heterocycles. The molecule has 1 N–H and O–H groups in total. The largest absolute Gasteiger partial charge is 0.478 e. The van der Waals surface area contributed by atoms with Crippen LogP contribution in [0.5, 0.6) is 0 Å². The molecule has 2 aromatic heterocycles. The molecule has 0 saturated carbocycles. The van der Waals surface area contributed by atoms with Crippen LogP contribution in [0.3, 0.4) is 0 Å². The third kappa shape index (κ3) is 3.16. The Morgan fingerprint density at radius 2 is 1.89 bits per heavy atom. The second-order valence-electron chi connectivity index (χ2n) is 6.48. The molecule has 0 aliphatic carbocycles. The second kappa shape index (κ2) is 7.08. The van der Waals surface area contributed by atoms with E-state index in [9.17, 15) is 14.7 Å². The van der Waals surface area contributed by atoms with E-state index in [0.29, 0.717) is 23.1 Å². The Labute approximate surface area is 161 Å². The topological polar surface area (TPSA) is 85.1 Å². The predicted molar refractivity (Wildman–Crippen MR) is 105 cm³/mol. The van der Waals surface area contributed by atoms with E-state index in [1.807, 2.05) is 34.9 Å². The molecule has 0 aliphatic heterocycles. The Hall–Kier alpha value is -3.80. The predicted octanol–water partition coefficient (Wildman–Crippen LogP) is 3.91. The van der Waals surface area contributed by atoms with Crippen LogP contribution in [0.25, 0.3) is 16.7 Å². The number of fused-ring (bicyclic) bond motifs is 1. The molecular formula is C22H17N3O3. The molecule has 2 aromatic carbocycles. The highest BCUT2D eigenvalue weighted by Crippen LogP contribution is 2.26. The molecule has 4 rings (SSSR count). The van der Waals surface area contributed by atoms with E-state index in [1.54, 1.807) is 36.8 Å². The molecular weight excluding hydrogens is 354 g/mol. The maximum absolute atomic E-state index is 11.8. The molecule has 0 spiro atoms. The van der Waals surface area contributed by atoms with E-state index < -0.39 is 5.97 Å². The number of carbonyl (C=O) groups is 2. The van der Waals surface area contributed by atoms with Crippen molar-refractivity contribution in [3.05, 3.63) is 89.5 Å². The van der Waals surface area contributed by atoms with E-state index in [2.05, 4.69) is 9.97 Å². The van der Waals surface area contributed by atoms with Gasteiger partial charge in [0.2, 0.25) is 0 Å². The van der Waals surface area contributed by atoms with Crippen LogP contribution in [0.4, 0.5) is 0 Å². The highest BCUT2D eigenvalue weighted by atomic mass is 16.4. The molecule has 2 heterocycles. The van der Waals surface area contributed by atoms with E-state index in [0.717, 1.165) is 16.9 Å². The molecule has 28 heavy (non-hydrogen) atoms. The first-order valence-electron chi connectivity index (χ1n) is 8.78. The number of hydrogen-bond acceptors (Lipinski definition) is 4. The third-order valence-corrected chi connectivity index (χ3v) is 4.68. The molecule has 0 radical (unpaired) electrons. The highest BCUT2D eigenvalue weighted by Gasteiger charge is 2.18. The van der Waals surface area contributed by atoms with Crippen molar-refractivity contribution in [2.75, 3.05) is 0 Å². The van der Waals surface area contributed by atoms with Gasteiger partial charge in [0.25, 0.3) is 0 Å². The van der Waals surface area contributed by atoms with Crippen molar-refractivity contribution in [3.63, 3.8) is 0 Å². The van der Waals surface area contributed by atoms with Crippen molar-refractivity contribution in [1.82, 2.24) is 14.5 Å².